The van der Waals surface area contributed by atoms with E-state index in [-0.39, 0.29) is 5.75 Å². The summed E-state index contributed by atoms with van der Waals surface area (Å²) in [6.07, 6.45) is 3.87. The fraction of sp³-hybridized carbons (Fsp3) is 0.538. The van der Waals surface area contributed by atoms with Gasteiger partial charge in [-0.15, -0.1) is 0 Å². The second-order valence-electron chi connectivity index (χ2n) is 4.54. The predicted octanol–water partition coefficient (Wildman–Crippen LogP) is 3.19. The zero-order chi connectivity index (χ0) is 10.8. The van der Waals surface area contributed by atoms with Crippen molar-refractivity contribution < 1.29 is 9.84 Å². The zero-order valence-corrected chi connectivity index (χ0v) is 9.42. The van der Waals surface area contributed by atoms with E-state index in [1.807, 2.05) is 19.9 Å². The number of rotatable bonds is 3. The first-order chi connectivity index (χ1) is 7.16. The van der Waals surface area contributed by atoms with Crippen LogP contribution in [0, 0.1) is 19.8 Å². The fourth-order valence-corrected chi connectivity index (χ4v) is 1.98. The summed E-state index contributed by atoms with van der Waals surface area (Å²) in [6.45, 7) is 4.70. The van der Waals surface area contributed by atoms with E-state index in [4.69, 9.17) is 4.74 Å². The first kappa shape index (κ1) is 10.3. The van der Waals surface area contributed by atoms with Gasteiger partial charge in [-0.2, -0.15) is 0 Å². The molecule has 1 aromatic rings. The molecule has 0 amide bonds. The highest BCUT2D eigenvalue weighted by molar-refractivity contribution is 5.47. The fourth-order valence-electron chi connectivity index (χ4n) is 1.98. The van der Waals surface area contributed by atoms with Gasteiger partial charge < -0.3 is 9.84 Å². The lowest BCUT2D eigenvalue weighted by Crippen LogP contribution is -2.19. The van der Waals surface area contributed by atoms with E-state index >= 15 is 0 Å². The minimum atomic E-state index is 0.270. The minimum absolute atomic E-state index is 0.270. The Morgan fingerprint density at radius 1 is 1.33 bits per heavy atom. The van der Waals surface area contributed by atoms with Crippen LogP contribution in [0.15, 0.2) is 12.1 Å². The molecule has 2 nitrogen and oxygen atoms in total. The average Bonchev–Trinajstić information content (AvgIpc) is 2.06. The summed E-state index contributed by atoms with van der Waals surface area (Å²) in [4.78, 5) is 0. The molecule has 1 N–H and O–H groups in total. The van der Waals surface area contributed by atoms with Crippen molar-refractivity contribution in [3.63, 3.8) is 0 Å². The molecule has 1 aromatic carbocycles. The molecule has 2 rings (SSSR count). The maximum atomic E-state index is 9.75. The zero-order valence-electron chi connectivity index (χ0n) is 9.42. The monoisotopic (exact) mass is 206 g/mol. The van der Waals surface area contributed by atoms with Crippen LogP contribution in [0.25, 0.3) is 0 Å². The van der Waals surface area contributed by atoms with Crippen LogP contribution in [0.3, 0.4) is 0 Å². The highest BCUT2D eigenvalue weighted by atomic mass is 16.5. The molecule has 15 heavy (non-hydrogen) atoms. The highest BCUT2D eigenvalue weighted by Gasteiger charge is 2.19. The number of hydrogen-bond donors (Lipinski definition) is 1. The van der Waals surface area contributed by atoms with E-state index in [1.54, 1.807) is 6.07 Å². The van der Waals surface area contributed by atoms with Crippen LogP contribution in [-0.2, 0) is 0 Å². The number of ether oxygens (including phenoxy) is 1. The lowest BCUT2D eigenvalue weighted by molar-refractivity contribution is 0.175. The van der Waals surface area contributed by atoms with Gasteiger partial charge in [-0.05, 0) is 49.8 Å². The first-order valence-electron chi connectivity index (χ1n) is 5.60. The molecular weight excluding hydrogens is 188 g/mol. The molecule has 1 saturated carbocycles. The summed E-state index contributed by atoms with van der Waals surface area (Å²) in [7, 11) is 0. The van der Waals surface area contributed by atoms with E-state index in [0.29, 0.717) is 11.7 Å². The Morgan fingerprint density at radius 3 is 2.60 bits per heavy atom. The van der Waals surface area contributed by atoms with Crippen LogP contribution in [0.4, 0.5) is 0 Å². The highest BCUT2D eigenvalue weighted by Crippen LogP contribution is 2.33. The van der Waals surface area contributed by atoms with Crippen LogP contribution in [0.1, 0.15) is 30.4 Å². The third-order valence-corrected chi connectivity index (χ3v) is 3.09. The SMILES string of the molecule is Cc1cc(C)c(OCC2CCC2)c(O)c1. The van der Waals surface area contributed by atoms with Gasteiger partial charge in [0.1, 0.15) is 0 Å². The van der Waals surface area contributed by atoms with Crippen molar-refractivity contribution in [2.45, 2.75) is 33.1 Å². The maximum Gasteiger partial charge on any atom is 0.163 e. The van der Waals surface area contributed by atoms with Gasteiger partial charge in [-0.3, -0.25) is 0 Å². The molecule has 1 fully saturated rings. The summed E-state index contributed by atoms with van der Waals surface area (Å²) in [5, 5.41) is 9.75. The van der Waals surface area contributed by atoms with Crippen molar-refractivity contribution in [3.8, 4) is 11.5 Å². The number of benzene rings is 1. The molecule has 0 radical (unpaired) electrons. The first-order valence-corrected chi connectivity index (χ1v) is 5.60. The van der Waals surface area contributed by atoms with Crippen molar-refractivity contribution in [2.75, 3.05) is 6.61 Å². The topological polar surface area (TPSA) is 29.5 Å². The van der Waals surface area contributed by atoms with Crippen molar-refractivity contribution in [3.05, 3.63) is 23.3 Å². The second-order valence-corrected chi connectivity index (χ2v) is 4.54. The number of phenolic OH excluding ortho intramolecular Hbond substituents is 1. The standard InChI is InChI=1S/C13H18O2/c1-9-6-10(2)13(12(14)7-9)15-8-11-4-3-5-11/h6-7,11,14H,3-5,8H2,1-2H3. The minimum Gasteiger partial charge on any atom is -0.504 e. The average molecular weight is 206 g/mol. The summed E-state index contributed by atoms with van der Waals surface area (Å²) in [6, 6.07) is 3.79. The lowest BCUT2D eigenvalue weighted by atomic mass is 9.86. The summed E-state index contributed by atoms with van der Waals surface area (Å²) >= 11 is 0. The Balaban J connectivity index is 2.05. The Labute approximate surface area is 90.9 Å². The Morgan fingerprint density at radius 2 is 2.07 bits per heavy atom. The van der Waals surface area contributed by atoms with Crippen molar-refractivity contribution in [1.82, 2.24) is 0 Å². The van der Waals surface area contributed by atoms with E-state index in [1.165, 1.54) is 19.3 Å². The molecule has 2 heteroatoms. The van der Waals surface area contributed by atoms with Gasteiger partial charge in [0.15, 0.2) is 11.5 Å². The quantitative estimate of drug-likeness (QED) is 0.823. The molecule has 0 aromatic heterocycles. The van der Waals surface area contributed by atoms with Crippen LogP contribution in [-0.4, -0.2) is 11.7 Å². The lowest BCUT2D eigenvalue weighted by Gasteiger charge is -2.25. The van der Waals surface area contributed by atoms with E-state index in [9.17, 15) is 5.11 Å². The number of aromatic hydroxyl groups is 1. The molecule has 1 aliphatic rings. The van der Waals surface area contributed by atoms with E-state index in [2.05, 4.69) is 0 Å². The van der Waals surface area contributed by atoms with Crippen LogP contribution >= 0.6 is 0 Å². The van der Waals surface area contributed by atoms with Gasteiger partial charge >= 0.3 is 0 Å². The maximum absolute atomic E-state index is 9.75. The van der Waals surface area contributed by atoms with Crippen LogP contribution in [0.5, 0.6) is 11.5 Å². The third kappa shape index (κ3) is 2.25. The largest absolute Gasteiger partial charge is 0.504 e. The van der Waals surface area contributed by atoms with E-state index < -0.39 is 0 Å². The second kappa shape index (κ2) is 4.13. The molecular formula is C13H18O2. The number of hydrogen-bond acceptors (Lipinski definition) is 2. The molecule has 82 valence electrons. The number of phenols is 1. The molecule has 0 spiro atoms. The Kier molecular flexibility index (Phi) is 2.85. The van der Waals surface area contributed by atoms with Gasteiger partial charge in [-0.25, -0.2) is 0 Å². The van der Waals surface area contributed by atoms with Gasteiger partial charge in [0.2, 0.25) is 0 Å². The van der Waals surface area contributed by atoms with Gasteiger partial charge in [0.05, 0.1) is 6.61 Å². The Bertz CT molecular complexity index is 331. The molecule has 0 atom stereocenters. The number of aryl methyl sites for hydroxylation is 2. The normalized spacial score (nSPS) is 16.1. The molecule has 0 saturated heterocycles. The van der Waals surface area contributed by atoms with Gasteiger partial charge in [0, 0.05) is 0 Å². The predicted molar refractivity (Wildman–Crippen MR) is 60.4 cm³/mol. The van der Waals surface area contributed by atoms with E-state index in [0.717, 1.165) is 17.7 Å². The van der Waals surface area contributed by atoms with Crippen molar-refractivity contribution in [2.24, 2.45) is 5.92 Å². The smallest absolute Gasteiger partial charge is 0.163 e. The van der Waals surface area contributed by atoms with Gasteiger partial charge in [0.25, 0.3) is 0 Å². The van der Waals surface area contributed by atoms with Crippen LogP contribution in [0.2, 0.25) is 0 Å². The summed E-state index contributed by atoms with van der Waals surface area (Å²) < 4.78 is 5.68. The molecule has 0 bridgehead atoms. The molecule has 0 heterocycles. The van der Waals surface area contributed by atoms with Gasteiger partial charge in [-0.1, -0.05) is 12.5 Å². The summed E-state index contributed by atoms with van der Waals surface area (Å²) in [5.41, 5.74) is 2.09. The molecule has 1 aliphatic carbocycles. The van der Waals surface area contributed by atoms with Crippen molar-refractivity contribution in [1.29, 1.82) is 0 Å². The summed E-state index contributed by atoms with van der Waals surface area (Å²) in [5.74, 6) is 1.63. The third-order valence-electron chi connectivity index (χ3n) is 3.09. The molecule has 0 unspecified atom stereocenters. The van der Waals surface area contributed by atoms with Crippen LogP contribution < -0.4 is 4.74 Å². The molecule has 0 aliphatic heterocycles. The van der Waals surface area contributed by atoms with Crippen molar-refractivity contribution >= 4 is 0 Å². The Hall–Kier alpha value is -1.18.